The Morgan fingerprint density at radius 2 is 1.77 bits per heavy atom. The summed E-state index contributed by atoms with van der Waals surface area (Å²) in [5.41, 5.74) is 9.45. The van der Waals surface area contributed by atoms with Crippen molar-refractivity contribution in [2.45, 2.75) is 32.4 Å². The molecule has 116 valence electrons. The van der Waals surface area contributed by atoms with E-state index in [-0.39, 0.29) is 5.82 Å². The Morgan fingerprint density at radius 3 is 2.55 bits per heavy atom. The van der Waals surface area contributed by atoms with Crippen LogP contribution in [0.5, 0.6) is 0 Å². The van der Waals surface area contributed by atoms with Crippen LogP contribution in [-0.4, -0.2) is 18.0 Å². The van der Waals surface area contributed by atoms with Crippen molar-refractivity contribution in [1.29, 1.82) is 0 Å². The highest BCUT2D eigenvalue weighted by Crippen LogP contribution is 2.25. The summed E-state index contributed by atoms with van der Waals surface area (Å²) in [4.78, 5) is 2.48. The molecule has 2 nitrogen and oxygen atoms in total. The molecule has 0 atom stereocenters. The summed E-state index contributed by atoms with van der Waals surface area (Å²) in [6, 6.07) is 13.3. The van der Waals surface area contributed by atoms with Gasteiger partial charge in [-0.1, -0.05) is 30.7 Å². The van der Waals surface area contributed by atoms with Crippen LogP contribution in [0.3, 0.4) is 0 Å². The minimum absolute atomic E-state index is 0.188. The average Bonchev–Trinajstić information content (AvgIpc) is 2.56. The molecule has 1 aliphatic heterocycles. The lowest BCUT2D eigenvalue weighted by atomic mass is 10.00. The summed E-state index contributed by atoms with van der Waals surface area (Å²) in [5, 5.41) is 0. The van der Waals surface area contributed by atoms with Gasteiger partial charge in [-0.25, -0.2) is 4.39 Å². The first-order valence-electron chi connectivity index (χ1n) is 8.06. The lowest BCUT2D eigenvalue weighted by molar-refractivity contribution is 0.221. The average molecular weight is 298 g/mol. The fraction of sp³-hybridized carbons (Fsp3) is 0.368. The highest BCUT2D eigenvalue weighted by molar-refractivity contribution is 5.65. The third-order valence-corrected chi connectivity index (χ3v) is 4.36. The number of nitrogens with zero attached hydrogens (tertiary/aromatic N) is 1. The van der Waals surface area contributed by atoms with Gasteiger partial charge in [-0.3, -0.25) is 4.90 Å². The zero-order chi connectivity index (χ0) is 15.4. The summed E-state index contributed by atoms with van der Waals surface area (Å²) in [7, 11) is 0. The molecule has 1 saturated heterocycles. The second-order valence-electron chi connectivity index (χ2n) is 6.06. The monoisotopic (exact) mass is 298 g/mol. The molecular formula is C19H23FN2. The Morgan fingerprint density at radius 1 is 0.955 bits per heavy atom. The van der Waals surface area contributed by atoms with Gasteiger partial charge in [0.05, 0.1) is 0 Å². The smallest absolute Gasteiger partial charge is 0.131 e. The van der Waals surface area contributed by atoms with Crippen LogP contribution >= 0.6 is 0 Å². The minimum Gasteiger partial charge on any atom is -0.326 e. The molecule has 0 aliphatic carbocycles. The van der Waals surface area contributed by atoms with Crippen LogP contribution in [0.15, 0.2) is 42.5 Å². The van der Waals surface area contributed by atoms with Gasteiger partial charge in [-0.05, 0) is 60.8 Å². The standard InChI is InChI=1S/C19H23FN2/c20-19-8-7-15(13-21)12-18(19)17-6-4-5-16(11-17)14-22-9-2-1-3-10-22/h4-8,11-12H,1-3,9-10,13-14,21H2. The largest absolute Gasteiger partial charge is 0.326 e. The van der Waals surface area contributed by atoms with E-state index in [0.717, 1.165) is 17.7 Å². The Bertz CT molecular complexity index is 633. The Kier molecular flexibility index (Phi) is 4.86. The topological polar surface area (TPSA) is 29.3 Å². The summed E-state index contributed by atoms with van der Waals surface area (Å²) in [6.07, 6.45) is 3.91. The first kappa shape index (κ1) is 15.2. The predicted octanol–water partition coefficient (Wildman–Crippen LogP) is 3.94. The zero-order valence-corrected chi connectivity index (χ0v) is 12.9. The van der Waals surface area contributed by atoms with Gasteiger partial charge in [0, 0.05) is 18.7 Å². The third kappa shape index (κ3) is 3.54. The van der Waals surface area contributed by atoms with E-state index in [0.29, 0.717) is 12.1 Å². The van der Waals surface area contributed by atoms with E-state index >= 15 is 0 Å². The van der Waals surface area contributed by atoms with E-state index in [1.165, 1.54) is 44.0 Å². The predicted molar refractivity (Wildman–Crippen MR) is 88.9 cm³/mol. The minimum atomic E-state index is -0.188. The number of likely N-dealkylation sites (tertiary alicyclic amines) is 1. The van der Waals surface area contributed by atoms with Crippen LogP contribution in [0.1, 0.15) is 30.4 Å². The summed E-state index contributed by atoms with van der Waals surface area (Å²) < 4.78 is 14.1. The highest BCUT2D eigenvalue weighted by Gasteiger charge is 2.12. The molecule has 0 bridgehead atoms. The lowest BCUT2D eigenvalue weighted by Gasteiger charge is -2.26. The van der Waals surface area contributed by atoms with Gasteiger partial charge in [-0.2, -0.15) is 0 Å². The normalized spacial score (nSPS) is 15.9. The fourth-order valence-electron chi connectivity index (χ4n) is 3.13. The molecule has 1 heterocycles. The van der Waals surface area contributed by atoms with E-state index in [9.17, 15) is 4.39 Å². The summed E-state index contributed by atoms with van der Waals surface area (Å²) >= 11 is 0. The molecular weight excluding hydrogens is 275 g/mol. The van der Waals surface area contributed by atoms with Crippen molar-refractivity contribution in [2.75, 3.05) is 13.1 Å². The van der Waals surface area contributed by atoms with E-state index in [4.69, 9.17) is 5.73 Å². The maximum Gasteiger partial charge on any atom is 0.131 e. The van der Waals surface area contributed by atoms with E-state index in [1.807, 2.05) is 18.2 Å². The van der Waals surface area contributed by atoms with Crippen molar-refractivity contribution in [3.05, 3.63) is 59.4 Å². The number of hydrogen-bond acceptors (Lipinski definition) is 2. The molecule has 22 heavy (non-hydrogen) atoms. The number of rotatable bonds is 4. The third-order valence-electron chi connectivity index (χ3n) is 4.36. The maximum atomic E-state index is 14.1. The van der Waals surface area contributed by atoms with Gasteiger partial charge in [0.25, 0.3) is 0 Å². The molecule has 0 radical (unpaired) electrons. The second kappa shape index (κ2) is 7.03. The van der Waals surface area contributed by atoms with Gasteiger partial charge in [0.2, 0.25) is 0 Å². The van der Waals surface area contributed by atoms with Crippen LogP contribution in [0.25, 0.3) is 11.1 Å². The molecule has 2 aromatic rings. The Hall–Kier alpha value is -1.71. The Labute approximate surface area is 131 Å². The number of nitrogens with two attached hydrogens (primary N) is 1. The van der Waals surface area contributed by atoms with Gasteiger partial charge < -0.3 is 5.73 Å². The van der Waals surface area contributed by atoms with Crippen LogP contribution in [0, 0.1) is 5.82 Å². The molecule has 0 aromatic heterocycles. The first-order chi connectivity index (χ1) is 10.8. The zero-order valence-electron chi connectivity index (χ0n) is 12.9. The second-order valence-corrected chi connectivity index (χ2v) is 6.06. The number of hydrogen-bond donors (Lipinski definition) is 1. The lowest BCUT2D eigenvalue weighted by Crippen LogP contribution is -2.29. The molecule has 3 heteroatoms. The summed E-state index contributed by atoms with van der Waals surface area (Å²) in [5.74, 6) is -0.188. The van der Waals surface area contributed by atoms with E-state index in [1.54, 1.807) is 6.07 Å². The van der Waals surface area contributed by atoms with Crippen molar-refractivity contribution >= 4 is 0 Å². The van der Waals surface area contributed by atoms with Crippen molar-refractivity contribution in [3.8, 4) is 11.1 Å². The van der Waals surface area contributed by atoms with Crippen molar-refractivity contribution in [2.24, 2.45) is 5.73 Å². The molecule has 3 rings (SSSR count). The molecule has 1 aliphatic rings. The molecule has 0 saturated carbocycles. The molecule has 0 amide bonds. The molecule has 0 spiro atoms. The molecule has 2 N–H and O–H groups in total. The SMILES string of the molecule is NCc1ccc(F)c(-c2cccc(CN3CCCCC3)c2)c1. The molecule has 0 unspecified atom stereocenters. The number of halogens is 1. The van der Waals surface area contributed by atoms with Crippen molar-refractivity contribution < 1.29 is 4.39 Å². The summed E-state index contributed by atoms with van der Waals surface area (Å²) in [6.45, 7) is 3.72. The number of benzene rings is 2. The Balaban J connectivity index is 1.84. The van der Waals surface area contributed by atoms with Crippen molar-refractivity contribution in [1.82, 2.24) is 4.90 Å². The van der Waals surface area contributed by atoms with Crippen LogP contribution in [0.2, 0.25) is 0 Å². The van der Waals surface area contributed by atoms with Crippen molar-refractivity contribution in [3.63, 3.8) is 0 Å². The van der Waals surface area contributed by atoms with Gasteiger partial charge in [-0.15, -0.1) is 0 Å². The van der Waals surface area contributed by atoms with E-state index in [2.05, 4.69) is 17.0 Å². The number of piperidine rings is 1. The van der Waals surface area contributed by atoms with Crippen LogP contribution in [-0.2, 0) is 13.1 Å². The highest BCUT2D eigenvalue weighted by atomic mass is 19.1. The molecule has 1 fully saturated rings. The first-order valence-corrected chi connectivity index (χ1v) is 8.06. The quantitative estimate of drug-likeness (QED) is 0.926. The van der Waals surface area contributed by atoms with Gasteiger partial charge in [0.15, 0.2) is 0 Å². The van der Waals surface area contributed by atoms with Gasteiger partial charge in [0.1, 0.15) is 5.82 Å². The fourth-order valence-corrected chi connectivity index (χ4v) is 3.13. The van der Waals surface area contributed by atoms with E-state index < -0.39 is 0 Å². The maximum absolute atomic E-state index is 14.1. The molecule has 2 aromatic carbocycles. The van der Waals surface area contributed by atoms with Crippen LogP contribution < -0.4 is 5.73 Å². The van der Waals surface area contributed by atoms with Crippen LogP contribution in [0.4, 0.5) is 4.39 Å². The van der Waals surface area contributed by atoms with Gasteiger partial charge >= 0.3 is 0 Å².